The van der Waals surface area contributed by atoms with Crippen molar-refractivity contribution in [3.8, 4) is 0 Å². The zero-order valence-corrected chi connectivity index (χ0v) is 10.7. The van der Waals surface area contributed by atoms with Gasteiger partial charge >= 0.3 is 0 Å². The van der Waals surface area contributed by atoms with Gasteiger partial charge in [-0.15, -0.1) is 0 Å². The highest BCUT2D eigenvalue weighted by Gasteiger charge is 2.19. The summed E-state index contributed by atoms with van der Waals surface area (Å²) in [6.07, 6.45) is 5.87. The van der Waals surface area contributed by atoms with Crippen LogP contribution < -0.4 is 5.32 Å². The lowest BCUT2D eigenvalue weighted by atomic mass is 9.93. The van der Waals surface area contributed by atoms with E-state index in [2.05, 4.69) is 5.32 Å². The van der Waals surface area contributed by atoms with Gasteiger partial charge in [-0.3, -0.25) is 4.79 Å². The average molecular weight is 263 g/mol. The Morgan fingerprint density at radius 2 is 2.05 bits per heavy atom. The van der Waals surface area contributed by atoms with Crippen LogP contribution in [0.3, 0.4) is 0 Å². The van der Waals surface area contributed by atoms with Gasteiger partial charge in [0.25, 0.3) is 0 Å². The third-order valence-corrected chi connectivity index (χ3v) is 3.32. The smallest absolute Gasteiger partial charge is 0.244 e. The molecule has 1 aliphatic rings. The lowest BCUT2D eigenvalue weighted by molar-refractivity contribution is -0.117. The van der Waals surface area contributed by atoms with Gasteiger partial charge in [-0.1, -0.05) is 12.1 Å². The minimum atomic E-state index is -0.316. The van der Waals surface area contributed by atoms with E-state index in [1.165, 1.54) is 18.2 Å². The van der Waals surface area contributed by atoms with E-state index in [9.17, 15) is 14.3 Å². The number of amides is 1. The maximum atomic E-state index is 12.9. The number of carbonyl (C=O) groups excluding carboxylic acids is 1. The van der Waals surface area contributed by atoms with Crippen LogP contribution in [0.25, 0.3) is 6.08 Å². The van der Waals surface area contributed by atoms with E-state index in [0.29, 0.717) is 5.56 Å². The highest BCUT2D eigenvalue weighted by molar-refractivity contribution is 5.91. The molecule has 0 radical (unpaired) electrons. The van der Waals surface area contributed by atoms with E-state index >= 15 is 0 Å². The van der Waals surface area contributed by atoms with Gasteiger partial charge in [0.15, 0.2) is 0 Å². The molecule has 1 aromatic carbocycles. The molecule has 2 rings (SSSR count). The summed E-state index contributed by atoms with van der Waals surface area (Å²) in [4.78, 5) is 11.7. The topological polar surface area (TPSA) is 49.3 Å². The number of hydrogen-bond donors (Lipinski definition) is 2. The normalized spacial score (nSPS) is 23.5. The first kappa shape index (κ1) is 13.7. The molecule has 1 fully saturated rings. The van der Waals surface area contributed by atoms with E-state index < -0.39 is 0 Å². The fraction of sp³-hybridized carbons (Fsp3) is 0.400. The summed E-state index contributed by atoms with van der Waals surface area (Å²) in [6, 6.07) is 6.22. The zero-order chi connectivity index (χ0) is 13.7. The van der Waals surface area contributed by atoms with Crippen LogP contribution in [0.15, 0.2) is 30.3 Å². The molecule has 0 bridgehead atoms. The van der Waals surface area contributed by atoms with Crippen molar-refractivity contribution in [2.24, 2.45) is 0 Å². The predicted octanol–water partition coefficient (Wildman–Crippen LogP) is 2.26. The van der Waals surface area contributed by atoms with Gasteiger partial charge in [0.05, 0.1) is 6.10 Å². The molecule has 0 spiro atoms. The third-order valence-electron chi connectivity index (χ3n) is 3.32. The average Bonchev–Trinajstić information content (AvgIpc) is 2.39. The molecular weight excluding hydrogens is 245 g/mol. The van der Waals surface area contributed by atoms with Crippen molar-refractivity contribution in [3.63, 3.8) is 0 Å². The number of benzene rings is 1. The summed E-state index contributed by atoms with van der Waals surface area (Å²) < 4.78 is 12.9. The molecule has 0 heterocycles. The standard InChI is InChI=1S/C15H18FNO2/c16-12-3-1-2-11(10-12)4-9-15(19)17-13-5-7-14(18)8-6-13/h1-4,9-10,13-14,18H,5-8H2,(H,17,19). The van der Waals surface area contributed by atoms with Gasteiger partial charge < -0.3 is 10.4 Å². The van der Waals surface area contributed by atoms with Crippen molar-refractivity contribution in [2.75, 3.05) is 0 Å². The first-order chi connectivity index (χ1) is 9.13. The van der Waals surface area contributed by atoms with E-state index in [1.54, 1.807) is 18.2 Å². The molecule has 1 aliphatic carbocycles. The number of hydrogen-bond acceptors (Lipinski definition) is 2. The lowest BCUT2D eigenvalue weighted by Gasteiger charge is -2.25. The maximum Gasteiger partial charge on any atom is 0.244 e. The Morgan fingerprint density at radius 3 is 2.74 bits per heavy atom. The molecule has 3 nitrogen and oxygen atoms in total. The number of rotatable bonds is 3. The summed E-state index contributed by atoms with van der Waals surface area (Å²) in [7, 11) is 0. The van der Waals surface area contributed by atoms with Crippen LogP contribution in [0.1, 0.15) is 31.2 Å². The van der Waals surface area contributed by atoms with E-state index in [-0.39, 0.29) is 23.9 Å². The number of aliphatic hydroxyl groups is 1. The zero-order valence-electron chi connectivity index (χ0n) is 10.7. The molecule has 102 valence electrons. The van der Waals surface area contributed by atoms with Crippen LogP contribution in [-0.4, -0.2) is 23.2 Å². The largest absolute Gasteiger partial charge is 0.393 e. The van der Waals surface area contributed by atoms with Gasteiger partial charge in [0.1, 0.15) is 5.82 Å². The number of aliphatic hydroxyl groups excluding tert-OH is 1. The molecule has 0 atom stereocenters. The van der Waals surface area contributed by atoms with E-state index in [1.807, 2.05) is 0 Å². The first-order valence-electron chi connectivity index (χ1n) is 6.56. The summed E-state index contributed by atoms with van der Waals surface area (Å²) in [5.41, 5.74) is 0.661. The Kier molecular flexibility index (Phi) is 4.68. The highest BCUT2D eigenvalue weighted by Crippen LogP contribution is 2.18. The summed E-state index contributed by atoms with van der Waals surface area (Å²) in [5, 5.41) is 12.3. The minimum absolute atomic E-state index is 0.132. The lowest BCUT2D eigenvalue weighted by Crippen LogP contribution is -2.37. The SMILES string of the molecule is O=C(C=Cc1cccc(F)c1)NC1CCC(O)CC1. The Bertz CT molecular complexity index is 465. The minimum Gasteiger partial charge on any atom is -0.393 e. The molecule has 0 aliphatic heterocycles. The van der Waals surface area contributed by atoms with Gasteiger partial charge in [-0.2, -0.15) is 0 Å². The van der Waals surface area contributed by atoms with Crippen LogP contribution in [0.5, 0.6) is 0 Å². The fourth-order valence-corrected chi connectivity index (χ4v) is 2.25. The number of nitrogens with one attached hydrogen (secondary N) is 1. The molecule has 1 aromatic rings. The molecule has 0 unspecified atom stereocenters. The van der Waals surface area contributed by atoms with Crippen molar-refractivity contribution in [2.45, 2.75) is 37.8 Å². The van der Waals surface area contributed by atoms with E-state index in [0.717, 1.165) is 25.7 Å². The maximum absolute atomic E-state index is 12.9. The molecular formula is C15H18FNO2. The van der Waals surface area contributed by atoms with Crippen molar-refractivity contribution in [1.29, 1.82) is 0 Å². The molecule has 0 aromatic heterocycles. The Hall–Kier alpha value is -1.68. The second-order valence-electron chi connectivity index (χ2n) is 4.90. The van der Waals surface area contributed by atoms with Crippen molar-refractivity contribution >= 4 is 12.0 Å². The summed E-state index contributed by atoms with van der Waals surface area (Å²) in [5.74, 6) is -0.491. The Labute approximate surface area is 112 Å². The van der Waals surface area contributed by atoms with Crippen molar-refractivity contribution < 1.29 is 14.3 Å². The van der Waals surface area contributed by atoms with Crippen LogP contribution in [0.4, 0.5) is 4.39 Å². The molecule has 0 saturated heterocycles. The van der Waals surface area contributed by atoms with Crippen LogP contribution in [-0.2, 0) is 4.79 Å². The van der Waals surface area contributed by atoms with Crippen molar-refractivity contribution in [3.05, 3.63) is 41.7 Å². The van der Waals surface area contributed by atoms with Crippen LogP contribution in [0.2, 0.25) is 0 Å². The quantitative estimate of drug-likeness (QED) is 0.822. The second-order valence-corrected chi connectivity index (χ2v) is 4.90. The van der Waals surface area contributed by atoms with E-state index in [4.69, 9.17) is 0 Å². The molecule has 4 heteroatoms. The molecule has 1 saturated carbocycles. The van der Waals surface area contributed by atoms with Crippen LogP contribution >= 0.6 is 0 Å². The van der Waals surface area contributed by atoms with Gasteiger partial charge in [-0.05, 0) is 49.5 Å². The van der Waals surface area contributed by atoms with Crippen LogP contribution in [0, 0.1) is 5.82 Å². The monoisotopic (exact) mass is 263 g/mol. The molecule has 19 heavy (non-hydrogen) atoms. The van der Waals surface area contributed by atoms with Gasteiger partial charge in [0.2, 0.25) is 5.91 Å². The second kappa shape index (κ2) is 6.48. The molecule has 1 amide bonds. The highest BCUT2D eigenvalue weighted by atomic mass is 19.1. The third kappa shape index (κ3) is 4.48. The van der Waals surface area contributed by atoms with Gasteiger partial charge in [-0.25, -0.2) is 4.39 Å². The number of halogens is 1. The summed E-state index contributed by atoms with van der Waals surface area (Å²) >= 11 is 0. The van der Waals surface area contributed by atoms with Gasteiger partial charge in [0, 0.05) is 12.1 Å². The predicted molar refractivity (Wildman–Crippen MR) is 71.8 cm³/mol. The number of carbonyl (C=O) groups is 1. The summed E-state index contributed by atoms with van der Waals surface area (Å²) in [6.45, 7) is 0. The Balaban J connectivity index is 1.84. The Morgan fingerprint density at radius 1 is 1.32 bits per heavy atom. The van der Waals surface area contributed by atoms with Crippen molar-refractivity contribution in [1.82, 2.24) is 5.32 Å². The molecule has 2 N–H and O–H groups in total. The first-order valence-corrected chi connectivity index (χ1v) is 6.56. The fourth-order valence-electron chi connectivity index (χ4n) is 2.25.